The first kappa shape index (κ1) is 14.1. The number of nitrogens with one attached hydrogen (secondary N) is 2. The molecule has 21 heavy (non-hydrogen) atoms. The second kappa shape index (κ2) is 6.28. The van der Waals surface area contributed by atoms with Crippen LogP contribution in [0.2, 0.25) is 5.02 Å². The minimum absolute atomic E-state index is 0.0327. The van der Waals surface area contributed by atoms with Gasteiger partial charge in [0.2, 0.25) is 0 Å². The van der Waals surface area contributed by atoms with E-state index in [1.54, 1.807) is 4.90 Å². The molecule has 2 amide bonds. The van der Waals surface area contributed by atoms with Crippen LogP contribution in [0.4, 0.5) is 16.2 Å². The summed E-state index contributed by atoms with van der Waals surface area (Å²) in [6.45, 7) is 1.42. The van der Waals surface area contributed by atoms with Crippen LogP contribution in [0.5, 0.6) is 0 Å². The summed E-state index contributed by atoms with van der Waals surface area (Å²) >= 11 is 7.37. The van der Waals surface area contributed by atoms with Crippen LogP contribution in [0.1, 0.15) is 0 Å². The van der Waals surface area contributed by atoms with E-state index < -0.39 is 0 Å². The Morgan fingerprint density at radius 1 is 1.10 bits per heavy atom. The van der Waals surface area contributed by atoms with Crippen molar-refractivity contribution < 1.29 is 4.79 Å². The molecule has 0 spiro atoms. The number of anilines is 2. The number of amides is 2. The highest BCUT2D eigenvalue weighted by atomic mass is 35.5. The van der Waals surface area contributed by atoms with Crippen LogP contribution in [0.15, 0.2) is 53.4 Å². The first-order valence-corrected chi connectivity index (χ1v) is 7.76. The molecule has 0 radical (unpaired) electrons. The Kier molecular flexibility index (Phi) is 4.22. The monoisotopic (exact) mass is 319 g/mol. The summed E-state index contributed by atoms with van der Waals surface area (Å²) in [7, 11) is 0. The van der Waals surface area contributed by atoms with Crippen molar-refractivity contribution in [3.05, 3.63) is 53.6 Å². The average molecular weight is 320 g/mol. The zero-order chi connectivity index (χ0) is 14.7. The first-order valence-electron chi connectivity index (χ1n) is 6.56. The minimum Gasteiger partial charge on any atom is -0.336 e. The standard InChI is InChI=1S/C15H14ClN3OS/c16-11-1-3-12(4-2-11)18-21-14-7-5-13(6-8-14)19-10-9-17-15(19)20/h1-8,18H,9-10H2,(H,17,20). The van der Waals surface area contributed by atoms with E-state index in [0.29, 0.717) is 13.1 Å². The second-order valence-electron chi connectivity index (χ2n) is 4.59. The molecule has 2 aromatic carbocycles. The number of hydrogen-bond acceptors (Lipinski definition) is 3. The lowest BCUT2D eigenvalue weighted by Crippen LogP contribution is -2.27. The fourth-order valence-electron chi connectivity index (χ4n) is 2.05. The van der Waals surface area contributed by atoms with Crippen molar-refractivity contribution in [2.75, 3.05) is 22.7 Å². The quantitative estimate of drug-likeness (QED) is 0.838. The molecule has 0 saturated carbocycles. The van der Waals surface area contributed by atoms with Crippen LogP contribution in [0.3, 0.4) is 0 Å². The fourth-order valence-corrected chi connectivity index (χ4v) is 2.82. The molecule has 1 aliphatic rings. The zero-order valence-electron chi connectivity index (χ0n) is 11.2. The van der Waals surface area contributed by atoms with Crippen molar-refractivity contribution in [2.45, 2.75) is 4.90 Å². The largest absolute Gasteiger partial charge is 0.336 e. The van der Waals surface area contributed by atoms with E-state index in [4.69, 9.17) is 11.6 Å². The van der Waals surface area contributed by atoms with Gasteiger partial charge >= 0.3 is 6.03 Å². The summed E-state index contributed by atoms with van der Waals surface area (Å²) in [5, 5.41) is 3.51. The number of carbonyl (C=O) groups is 1. The van der Waals surface area contributed by atoms with Crippen LogP contribution in [0.25, 0.3) is 0 Å². The maximum absolute atomic E-state index is 11.6. The lowest BCUT2D eigenvalue weighted by atomic mass is 10.3. The zero-order valence-corrected chi connectivity index (χ0v) is 12.7. The van der Waals surface area contributed by atoms with Gasteiger partial charge in [-0.05, 0) is 60.5 Å². The van der Waals surface area contributed by atoms with Crippen molar-refractivity contribution in [3.63, 3.8) is 0 Å². The van der Waals surface area contributed by atoms with Gasteiger partial charge in [0.1, 0.15) is 0 Å². The predicted octanol–water partition coefficient (Wildman–Crippen LogP) is 3.99. The van der Waals surface area contributed by atoms with Crippen molar-refractivity contribution in [3.8, 4) is 0 Å². The molecule has 1 aliphatic heterocycles. The molecular formula is C15H14ClN3OS. The van der Waals surface area contributed by atoms with Crippen LogP contribution < -0.4 is 14.9 Å². The Labute approximate surface area is 132 Å². The summed E-state index contributed by atoms with van der Waals surface area (Å²) in [5.74, 6) is 0. The van der Waals surface area contributed by atoms with Crippen molar-refractivity contribution in [1.29, 1.82) is 0 Å². The lowest BCUT2D eigenvalue weighted by molar-refractivity contribution is 0.252. The Morgan fingerprint density at radius 2 is 1.81 bits per heavy atom. The molecule has 6 heteroatoms. The second-order valence-corrected chi connectivity index (χ2v) is 5.90. The molecule has 1 saturated heterocycles. The van der Waals surface area contributed by atoms with Crippen molar-refractivity contribution in [1.82, 2.24) is 5.32 Å². The molecular weight excluding hydrogens is 306 g/mol. The third-order valence-electron chi connectivity index (χ3n) is 3.14. The van der Waals surface area contributed by atoms with Gasteiger partial charge < -0.3 is 10.0 Å². The SMILES string of the molecule is O=C1NCCN1c1ccc(SNc2ccc(Cl)cc2)cc1. The number of urea groups is 1. The summed E-state index contributed by atoms with van der Waals surface area (Å²) < 4.78 is 3.25. The normalized spacial score (nSPS) is 14.1. The molecule has 4 nitrogen and oxygen atoms in total. The molecule has 0 atom stereocenters. The molecule has 108 valence electrons. The highest BCUT2D eigenvalue weighted by Gasteiger charge is 2.20. The van der Waals surface area contributed by atoms with Crippen LogP contribution in [-0.2, 0) is 0 Å². The van der Waals surface area contributed by atoms with Gasteiger partial charge in [0.25, 0.3) is 0 Å². The van der Waals surface area contributed by atoms with Gasteiger partial charge in [-0.2, -0.15) is 0 Å². The summed E-state index contributed by atoms with van der Waals surface area (Å²) in [4.78, 5) is 14.4. The summed E-state index contributed by atoms with van der Waals surface area (Å²) in [6.07, 6.45) is 0. The van der Waals surface area contributed by atoms with Gasteiger partial charge in [-0.1, -0.05) is 11.6 Å². The molecule has 3 rings (SSSR count). The molecule has 2 N–H and O–H groups in total. The highest BCUT2D eigenvalue weighted by molar-refractivity contribution is 8.00. The molecule has 0 bridgehead atoms. The Balaban J connectivity index is 1.62. The highest BCUT2D eigenvalue weighted by Crippen LogP contribution is 2.25. The average Bonchev–Trinajstić information content (AvgIpc) is 2.93. The number of benzene rings is 2. The molecule has 0 aromatic heterocycles. The van der Waals surface area contributed by atoms with Crippen molar-refractivity contribution >= 4 is 41.0 Å². The van der Waals surface area contributed by atoms with E-state index in [-0.39, 0.29) is 6.03 Å². The summed E-state index contributed by atoms with van der Waals surface area (Å²) in [6, 6.07) is 15.4. The predicted molar refractivity (Wildman–Crippen MR) is 88.1 cm³/mol. The summed E-state index contributed by atoms with van der Waals surface area (Å²) in [5.41, 5.74) is 1.91. The molecule has 0 aliphatic carbocycles. The molecule has 1 heterocycles. The maximum atomic E-state index is 11.6. The van der Waals surface area contributed by atoms with Crippen LogP contribution in [-0.4, -0.2) is 19.1 Å². The topological polar surface area (TPSA) is 44.4 Å². The van der Waals surface area contributed by atoms with E-state index in [9.17, 15) is 4.79 Å². The van der Waals surface area contributed by atoms with E-state index in [1.807, 2.05) is 48.5 Å². The van der Waals surface area contributed by atoms with E-state index >= 15 is 0 Å². The van der Waals surface area contributed by atoms with E-state index in [2.05, 4.69) is 10.0 Å². The van der Waals surface area contributed by atoms with Gasteiger partial charge in [0.05, 0.1) is 0 Å². The smallest absolute Gasteiger partial charge is 0.321 e. The molecule has 2 aromatic rings. The van der Waals surface area contributed by atoms with Gasteiger partial charge in [-0.25, -0.2) is 4.79 Å². The Morgan fingerprint density at radius 3 is 2.43 bits per heavy atom. The van der Waals surface area contributed by atoms with E-state index in [1.165, 1.54) is 11.9 Å². The van der Waals surface area contributed by atoms with Crippen LogP contribution in [0, 0.1) is 0 Å². The molecule has 0 unspecified atom stereocenters. The van der Waals surface area contributed by atoms with Gasteiger partial charge in [0, 0.05) is 34.4 Å². The van der Waals surface area contributed by atoms with Gasteiger partial charge in [-0.3, -0.25) is 4.90 Å². The third-order valence-corrected chi connectivity index (χ3v) is 4.23. The Hall–Kier alpha value is -1.85. The molecule has 1 fully saturated rings. The number of carbonyl (C=O) groups excluding carboxylic acids is 1. The fraction of sp³-hybridized carbons (Fsp3) is 0.133. The van der Waals surface area contributed by atoms with Crippen molar-refractivity contribution in [2.24, 2.45) is 0 Å². The van der Waals surface area contributed by atoms with E-state index in [0.717, 1.165) is 21.3 Å². The number of hydrogen-bond donors (Lipinski definition) is 2. The first-order chi connectivity index (χ1) is 10.2. The number of nitrogens with zero attached hydrogens (tertiary/aromatic N) is 1. The van der Waals surface area contributed by atoms with Gasteiger partial charge in [0.15, 0.2) is 0 Å². The number of halogens is 1. The minimum atomic E-state index is -0.0327. The lowest BCUT2D eigenvalue weighted by Gasteiger charge is -2.14. The third kappa shape index (κ3) is 3.43. The van der Waals surface area contributed by atoms with Gasteiger partial charge in [-0.15, -0.1) is 0 Å². The number of rotatable bonds is 4. The maximum Gasteiger partial charge on any atom is 0.321 e. The Bertz CT molecular complexity index is 630. The van der Waals surface area contributed by atoms with Crippen LogP contribution >= 0.6 is 23.5 Å².